The van der Waals surface area contributed by atoms with E-state index in [4.69, 9.17) is 14.4 Å². The maximum atomic E-state index is 9.16. The average molecular weight is 287 g/mol. The number of rotatable bonds is 3. The molecule has 0 spiro atoms. The molecular weight excluding hydrogens is 274 g/mol. The number of oxazole rings is 1. The van der Waals surface area contributed by atoms with Crippen LogP contribution in [0.2, 0.25) is 0 Å². The molecule has 2 aromatic heterocycles. The minimum Gasteiger partial charge on any atom is -0.420 e. The van der Waals surface area contributed by atoms with Crippen molar-refractivity contribution in [3.05, 3.63) is 34.0 Å². The van der Waals surface area contributed by atoms with Crippen molar-refractivity contribution in [1.29, 1.82) is 5.26 Å². The van der Waals surface area contributed by atoms with Crippen molar-refractivity contribution in [2.24, 2.45) is 0 Å². The molecule has 5 nitrogen and oxygen atoms in total. The number of nitrogens with zero attached hydrogens (tertiary/aromatic N) is 3. The number of aromatic nitrogens is 1. The second-order valence-corrected chi connectivity index (χ2v) is 5.25. The molecule has 0 atom stereocenters. The summed E-state index contributed by atoms with van der Waals surface area (Å²) in [5.41, 5.74) is 0.331. The van der Waals surface area contributed by atoms with Gasteiger partial charge in [-0.2, -0.15) is 10.2 Å². The Kier molecular flexibility index (Phi) is 3.81. The molecule has 3 heterocycles. The Morgan fingerprint density at radius 2 is 2.20 bits per heavy atom. The smallest absolute Gasteiger partial charge is 0.235 e. The van der Waals surface area contributed by atoms with Gasteiger partial charge in [-0.1, -0.05) is 6.07 Å². The first kappa shape index (κ1) is 12.9. The lowest BCUT2D eigenvalue weighted by molar-refractivity contribution is 0.120. The van der Waals surface area contributed by atoms with Gasteiger partial charge in [-0.3, -0.25) is 0 Å². The Labute approximate surface area is 120 Å². The van der Waals surface area contributed by atoms with Crippen molar-refractivity contribution in [1.82, 2.24) is 4.98 Å². The number of ether oxygens (including phenoxy) is 1. The molecule has 0 saturated carbocycles. The fourth-order valence-corrected chi connectivity index (χ4v) is 2.61. The molecule has 2 aromatic rings. The molecule has 0 amide bonds. The number of anilines is 1. The van der Waals surface area contributed by atoms with Crippen molar-refractivity contribution in [2.75, 3.05) is 31.2 Å². The Balaban J connectivity index is 1.83. The van der Waals surface area contributed by atoms with Gasteiger partial charge in [-0.25, -0.2) is 0 Å². The summed E-state index contributed by atoms with van der Waals surface area (Å²) in [7, 11) is 0. The third kappa shape index (κ3) is 2.74. The first-order valence-corrected chi connectivity index (χ1v) is 7.20. The molecule has 0 aliphatic carbocycles. The van der Waals surface area contributed by atoms with Crippen molar-refractivity contribution in [2.45, 2.75) is 0 Å². The molecule has 1 aliphatic rings. The molecule has 0 aromatic carbocycles. The van der Waals surface area contributed by atoms with Gasteiger partial charge in [0.15, 0.2) is 0 Å². The molecule has 1 fully saturated rings. The number of hydrogen-bond donors (Lipinski definition) is 0. The van der Waals surface area contributed by atoms with E-state index in [9.17, 15) is 0 Å². The molecule has 0 unspecified atom stereocenters. The summed E-state index contributed by atoms with van der Waals surface area (Å²) in [6, 6.07) is 6.09. The highest BCUT2D eigenvalue weighted by Gasteiger charge is 2.20. The Hall–Kier alpha value is -2.10. The molecule has 0 bridgehead atoms. The quantitative estimate of drug-likeness (QED) is 0.868. The highest BCUT2D eigenvalue weighted by atomic mass is 32.1. The average Bonchev–Trinajstić information content (AvgIpc) is 3.15. The monoisotopic (exact) mass is 287 g/mol. The van der Waals surface area contributed by atoms with Crippen LogP contribution in [-0.4, -0.2) is 31.3 Å². The molecular formula is C14H13N3O2S. The Bertz CT molecular complexity index is 634. The standard InChI is InChI=1S/C14H13N3O2S/c15-10-12-14(17-5-7-18-8-6-17)19-13(16-12)4-3-11-2-1-9-20-11/h1-4,9H,5-8H2. The van der Waals surface area contributed by atoms with E-state index in [-0.39, 0.29) is 0 Å². The molecule has 0 radical (unpaired) electrons. The number of hydrogen-bond acceptors (Lipinski definition) is 6. The van der Waals surface area contributed by atoms with Crippen molar-refractivity contribution < 1.29 is 9.15 Å². The molecule has 20 heavy (non-hydrogen) atoms. The zero-order valence-corrected chi connectivity index (χ0v) is 11.6. The van der Waals surface area contributed by atoms with Crippen LogP contribution in [0.5, 0.6) is 0 Å². The summed E-state index contributed by atoms with van der Waals surface area (Å²) in [5.74, 6) is 0.998. The minimum absolute atomic E-state index is 0.331. The number of morpholine rings is 1. The Morgan fingerprint density at radius 1 is 1.35 bits per heavy atom. The zero-order chi connectivity index (χ0) is 13.8. The topological polar surface area (TPSA) is 62.3 Å². The summed E-state index contributed by atoms with van der Waals surface area (Å²) in [6.07, 6.45) is 3.72. The van der Waals surface area contributed by atoms with Crippen LogP contribution in [0.1, 0.15) is 16.5 Å². The summed E-state index contributed by atoms with van der Waals surface area (Å²) in [5, 5.41) is 11.2. The Morgan fingerprint density at radius 3 is 2.90 bits per heavy atom. The molecule has 102 valence electrons. The van der Waals surface area contributed by atoms with E-state index in [1.807, 2.05) is 28.5 Å². The zero-order valence-electron chi connectivity index (χ0n) is 10.8. The van der Waals surface area contributed by atoms with Gasteiger partial charge in [0.2, 0.25) is 17.5 Å². The predicted molar refractivity (Wildman–Crippen MR) is 77.5 cm³/mol. The largest absolute Gasteiger partial charge is 0.420 e. The van der Waals surface area contributed by atoms with Crippen LogP contribution in [0, 0.1) is 11.3 Å². The van der Waals surface area contributed by atoms with E-state index in [2.05, 4.69) is 11.1 Å². The van der Waals surface area contributed by atoms with Gasteiger partial charge in [0.25, 0.3) is 0 Å². The molecule has 6 heteroatoms. The lowest BCUT2D eigenvalue weighted by Crippen LogP contribution is -2.36. The van der Waals surface area contributed by atoms with Crippen molar-refractivity contribution in [3.8, 4) is 6.07 Å². The number of nitriles is 1. The molecule has 1 saturated heterocycles. The van der Waals surface area contributed by atoms with Crippen LogP contribution in [-0.2, 0) is 4.74 Å². The summed E-state index contributed by atoms with van der Waals surface area (Å²) >= 11 is 1.64. The fraction of sp³-hybridized carbons (Fsp3) is 0.286. The third-order valence-corrected chi connectivity index (χ3v) is 3.80. The first-order valence-electron chi connectivity index (χ1n) is 6.32. The van der Waals surface area contributed by atoms with Gasteiger partial charge in [0, 0.05) is 24.0 Å². The molecule has 3 rings (SSSR count). The van der Waals surface area contributed by atoms with Gasteiger partial charge in [0.05, 0.1) is 13.2 Å². The van der Waals surface area contributed by atoms with Crippen LogP contribution in [0.15, 0.2) is 21.9 Å². The van der Waals surface area contributed by atoms with Crippen molar-refractivity contribution >= 4 is 29.4 Å². The van der Waals surface area contributed by atoms with Gasteiger partial charge >= 0.3 is 0 Å². The van der Waals surface area contributed by atoms with Crippen LogP contribution in [0.3, 0.4) is 0 Å². The maximum absolute atomic E-state index is 9.16. The lowest BCUT2D eigenvalue weighted by atomic mass is 10.4. The van der Waals surface area contributed by atoms with E-state index in [0.29, 0.717) is 30.7 Å². The van der Waals surface area contributed by atoms with Gasteiger partial charge in [-0.15, -0.1) is 11.3 Å². The van der Waals surface area contributed by atoms with Gasteiger partial charge in [0.1, 0.15) is 6.07 Å². The first-order chi connectivity index (χ1) is 9.86. The normalized spacial score (nSPS) is 15.7. The van der Waals surface area contributed by atoms with E-state index >= 15 is 0 Å². The molecule has 1 aliphatic heterocycles. The van der Waals surface area contributed by atoms with E-state index < -0.39 is 0 Å². The van der Waals surface area contributed by atoms with Crippen LogP contribution >= 0.6 is 11.3 Å². The highest BCUT2D eigenvalue weighted by molar-refractivity contribution is 7.10. The number of thiophene rings is 1. The van der Waals surface area contributed by atoms with E-state index in [0.717, 1.165) is 18.0 Å². The van der Waals surface area contributed by atoms with Crippen LogP contribution in [0.25, 0.3) is 12.2 Å². The second-order valence-electron chi connectivity index (χ2n) is 4.27. The summed E-state index contributed by atoms with van der Waals surface area (Å²) < 4.78 is 11.0. The maximum Gasteiger partial charge on any atom is 0.235 e. The highest BCUT2D eigenvalue weighted by Crippen LogP contribution is 2.24. The molecule has 0 N–H and O–H groups in total. The lowest BCUT2D eigenvalue weighted by Gasteiger charge is -2.25. The van der Waals surface area contributed by atoms with Crippen LogP contribution in [0.4, 0.5) is 5.88 Å². The van der Waals surface area contributed by atoms with E-state index in [1.54, 1.807) is 17.4 Å². The fourth-order valence-electron chi connectivity index (χ4n) is 1.99. The van der Waals surface area contributed by atoms with Gasteiger partial charge < -0.3 is 14.1 Å². The third-order valence-electron chi connectivity index (χ3n) is 2.96. The second kappa shape index (κ2) is 5.90. The van der Waals surface area contributed by atoms with Gasteiger partial charge in [-0.05, 0) is 17.5 Å². The summed E-state index contributed by atoms with van der Waals surface area (Å²) in [6.45, 7) is 2.73. The SMILES string of the molecule is N#Cc1nc(C=Cc2cccs2)oc1N1CCOCC1. The van der Waals surface area contributed by atoms with Crippen LogP contribution < -0.4 is 4.90 Å². The minimum atomic E-state index is 0.331. The van der Waals surface area contributed by atoms with E-state index in [1.165, 1.54) is 0 Å². The predicted octanol–water partition coefficient (Wildman–Crippen LogP) is 2.61. The summed E-state index contributed by atoms with van der Waals surface area (Å²) in [4.78, 5) is 7.33. The van der Waals surface area contributed by atoms with Crippen molar-refractivity contribution in [3.63, 3.8) is 0 Å².